The van der Waals surface area contributed by atoms with Crippen molar-refractivity contribution in [3.8, 4) is 0 Å². The molecule has 0 N–H and O–H groups in total. The molecule has 9 atom stereocenters. The molecule has 0 amide bonds. The van der Waals surface area contributed by atoms with E-state index in [-0.39, 0.29) is 0 Å². The third-order valence-electron chi connectivity index (χ3n) is 10.8. The number of hydrogen-bond acceptors (Lipinski definition) is 2. The zero-order valence-electron chi connectivity index (χ0n) is 20.3. The van der Waals surface area contributed by atoms with Gasteiger partial charge >= 0.3 is 0 Å². The lowest BCUT2D eigenvalue weighted by Crippen LogP contribution is -2.58. The molecule has 1 aromatic rings. The van der Waals surface area contributed by atoms with Gasteiger partial charge in [-0.2, -0.15) is 0 Å². The second-order valence-corrected chi connectivity index (χ2v) is 12.2. The van der Waals surface area contributed by atoms with E-state index in [0.717, 1.165) is 48.7 Å². The molecule has 0 aromatic heterocycles. The van der Waals surface area contributed by atoms with Gasteiger partial charge in [0.15, 0.2) is 0 Å². The minimum Gasteiger partial charge on any atom is -0.381 e. The van der Waals surface area contributed by atoms with Crippen molar-refractivity contribution in [1.82, 2.24) is 0 Å². The summed E-state index contributed by atoms with van der Waals surface area (Å²) >= 11 is 0. The first-order valence-corrected chi connectivity index (χ1v) is 13.1. The fraction of sp³-hybridized carbons (Fsp3) is 0.793. The van der Waals surface area contributed by atoms with Crippen LogP contribution in [0.3, 0.4) is 0 Å². The van der Waals surface area contributed by atoms with Crippen molar-refractivity contribution in [2.75, 3.05) is 13.7 Å². The quantitative estimate of drug-likeness (QED) is 0.501. The summed E-state index contributed by atoms with van der Waals surface area (Å²) in [5.74, 6) is 5.01. The predicted molar refractivity (Wildman–Crippen MR) is 127 cm³/mol. The predicted octanol–water partition coefficient (Wildman–Crippen LogP) is 7.12. The summed E-state index contributed by atoms with van der Waals surface area (Å²) in [6.07, 6.45) is 11.6. The van der Waals surface area contributed by atoms with Crippen LogP contribution >= 0.6 is 0 Å². The Balaban J connectivity index is 1.30. The number of fused-ring (bicyclic) bond motifs is 5. The first-order chi connectivity index (χ1) is 15.0. The lowest BCUT2D eigenvalue weighted by atomic mass is 9.43. The highest BCUT2D eigenvalue weighted by molar-refractivity contribution is 5.14. The molecule has 2 nitrogen and oxygen atoms in total. The van der Waals surface area contributed by atoms with Gasteiger partial charge < -0.3 is 9.47 Å². The van der Waals surface area contributed by atoms with Crippen molar-refractivity contribution >= 4 is 0 Å². The van der Waals surface area contributed by atoms with E-state index < -0.39 is 0 Å². The van der Waals surface area contributed by atoms with E-state index in [9.17, 15) is 0 Å². The molecule has 0 saturated heterocycles. The Kier molecular flexibility index (Phi) is 6.01. The Bertz CT molecular complexity index is 746. The number of rotatable bonds is 5. The molecule has 2 heteroatoms. The molecule has 4 fully saturated rings. The van der Waals surface area contributed by atoms with Crippen LogP contribution in [-0.2, 0) is 16.1 Å². The minimum absolute atomic E-state index is 0.460. The monoisotopic (exact) mass is 424 g/mol. The van der Waals surface area contributed by atoms with Gasteiger partial charge in [-0.3, -0.25) is 0 Å². The molecule has 4 aliphatic carbocycles. The first-order valence-electron chi connectivity index (χ1n) is 13.1. The van der Waals surface area contributed by atoms with E-state index >= 15 is 0 Å². The Labute approximate surface area is 190 Å². The van der Waals surface area contributed by atoms with Crippen molar-refractivity contribution in [2.24, 2.45) is 46.3 Å². The minimum atomic E-state index is 0.460. The maximum atomic E-state index is 6.29. The zero-order chi connectivity index (χ0) is 21.6. The zero-order valence-corrected chi connectivity index (χ0v) is 20.3. The lowest BCUT2D eigenvalue weighted by molar-refractivity contribution is -0.173. The highest BCUT2D eigenvalue weighted by atomic mass is 16.5. The molecule has 4 aliphatic rings. The number of hydrogen-bond donors (Lipinski definition) is 0. The fourth-order valence-corrected chi connectivity index (χ4v) is 9.00. The van der Waals surface area contributed by atoms with Crippen LogP contribution in [0.25, 0.3) is 0 Å². The van der Waals surface area contributed by atoms with Gasteiger partial charge in [-0.25, -0.2) is 0 Å². The molecule has 5 rings (SSSR count). The van der Waals surface area contributed by atoms with Gasteiger partial charge in [0.1, 0.15) is 0 Å². The lowest BCUT2D eigenvalue weighted by Gasteiger charge is -2.62. The van der Waals surface area contributed by atoms with Crippen molar-refractivity contribution in [2.45, 2.75) is 84.8 Å². The molecule has 0 bridgehead atoms. The molecule has 4 saturated carbocycles. The molecule has 0 unspecified atom stereocenters. The van der Waals surface area contributed by atoms with Crippen molar-refractivity contribution < 1.29 is 9.47 Å². The molecule has 0 aliphatic heterocycles. The number of benzene rings is 1. The third-order valence-corrected chi connectivity index (χ3v) is 10.8. The highest BCUT2D eigenvalue weighted by Gasteiger charge is 2.62. The summed E-state index contributed by atoms with van der Waals surface area (Å²) in [5, 5.41) is 0. The largest absolute Gasteiger partial charge is 0.381 e. The van der Waals surface area contributed by atoms with E-state index in [1.165, 1.54) is 56.9 Å². The normalized spacial score (nSPS) is 46.8. The van der Waals surface area contributed by atoms with Crippen LogP contribution in [0.1, 0.15) is 77.7 Å². The Morgan fingerprint density at radius 1 is 0.871 bits per heavy atom. The molecular formula is C29H44O2. The summed E-state index contributed by atoms with van der Waals surface area (Å²) in [6.45, 7) is 9.44. The molecule has 172 valence electrons. The van der Waals surface area contributed by atoms with E-state index in [1.807, 2.05) is 7.11 Å². The van der Waals surface area contributed by atoms with Crippen LogP contribution in [0, 0.1) is 46.3 Å². The van der Waals surface area contributed by atoms with Crippen LogP contribution in [-0.4, -0.2) is 19.8 Å². The summed E-state index contributed by atoms with van der Waals surface area (Å²) in [5.41, 5.74) is 2.26. The van der Waals surface area contributed by atoms with Crippen LogP contribution in [0.2, 0.25) is 0 Å². The molecule has 1 aromatic carbocycles. The van der Waals surface area contributed by atoms with Crippen LogP contribution < -0.4 is 0 Å². The standard InChI is InChI=1S/C29H44O2/c1-20-12-14-29(3)25-13-15-28(2)22(19-31-18-21-8-6-5-7-9-21)10-11-24(28)23(25)17-27(30-4)26(29)16-20/h5-9,20,22-27H,10-19H2,1-4H3/t20-,22+,23-,24-,25-,26+,27+,28+,29+/m0/s1. The molecule has 0 radical (unpaired) electrons. The number of methoxy groups -OCH3 is 1. The van der Waals surface area contributed by atoms with Gasteiger partial charge in [-0.1, -0.05) is 57.5 Å². The molecule has 0 spiro atoms. The van der Waals surface area contributed by atoms with E-state index in [0.29, 0.717) is 16.9 Å². The molecule has 31 heavy (non-hydrogen) atoms. The van der Waals surface area contributed by atoms with Gasteiger partial charge in [0.2, 0.25) is 0 Å². The van der Waals surface area contributed by atoms with E-state index in [1.54, 1.807) is 0 Å². The van der Waals surface area contributed by atoms with Gasteiger partial charge in [0.05, 0.1) is 19.3 Å². The van der Waals surface area contributed by atoms with Crippen LogP contribution in [0.5, 0.6) is 0 Å². The second-order valence-electron chi connectivity index (χ2n) is 12.2. The fourth-order valence-electron chi connectivity index (χ4n) is 9.00. The maximum Gasteiger partial charge on any atom is 0.0717 e. The second kappa shape index (κ2) is 8.49. The summed E-state index contributed by atoms with van der Waals surface area (Å²) in [6, 6.07) is 10.7. The smallest absolute Gasteiger partial charge is 0.0717 e. The summed E-state index contributed by atoms with van der Waals surface area (Å²) in [4.78, 5) is 0. The maximum absolute atomic E-state index is 6.29. The van der Waals surface area contributed by atoms with Gasteiger partial charge in [0, 0.05) is 7.11 Å². The summed E-state index contributed by atoms with van der Waals surface area (Å²) < 4.78 is 12.5. The van der Waals surface area contributed by atoms with Gasteiger partial charge in [-0.15, -0.1) is 0 Å². The van der Waals surface area contributed by atoms with Gasteiger partial charge in [-0.05, 0) is 96.8 Å². The third kappa shape index (κ3) is 3.70. The SMILES string of the molecule is CO[C@@H]1C[C@@H]2[C@H](CC[C@]3(C)[C@@H](COCc4ccccc4)CC[C@@H]23)[C@@]2(C)CC[C@H](C)C[C@H]12. The number of ether oxygens (including phenoxy) is 2. The molecule has 0 heterocycles. The Morgan fingerprint density at radius 3 is 2.39 bits per heavy atom. The topological polar surface area (TPSA) is 18.5 Å². The molecular weight excluding hydrogens is 380 g/mol. The Hall–Kier alpha value is -0.860. The van der Waals surface area contributed by atoms with E-state index in [2.05, 4.69) is 51.1 Å². The van der Waals surface area contributed by atoms with Crippen LogP contribution in [0.4, 0.5) is 0 Å². The van der Waals surface area contributed by atoms with Crippen molar-refractivity contribution in [3.05, 3.63) is 35.9 Å². The van der Waals surface area contributed by atoms with Crippen molar-refractivity contribution in [1.29, 1.82) is 0 Å². The average Bonchev–Trinajstić information content (AvgIpc) is 3.11. The van der Waals surface area contributed by atoms with Crippen molar-refractivity contribution in [3.63, 3.8) is 0 Å². The average molecular weight is 425 g/mol. The van der Waals surface area contributed by atoms with Gasteiger partial charge in [0.25, 0.3) is 0 Å². The Morgan fingerprint density at radius 2 is 1.61 bits per heavy atom. The van der Waals surface area contributed by atoms with E-state index in [4.69, 9.17) is 9.47 Å². The first kappa shape index (κ1) is 22.0. The highest BCUT2D eigenvalue weighted by Crippen LogP contribution is 2.68. The van der Waals surface area contributed by atoms with Crippen LogP contribution in [0.15, 0.2) is 30.3 Å². The summed E-state index contributed by atoms with van der Waals surface area (Å²) in [7, 11) is 1.99.